The average molecular weight is 443 g/mol. The van der Waals surface area contributed by atoms with E-state index in [1.807, 2.05) is 0 Å². The van der Waals surface area contributed by atoms with Gasteiger partial charge in [0.1, 0.15) is 5.52 Å². The highest BCUT2D eigenvalue weighted by Gasteiger charge is 2.27. The molecule has 2 heterocycles. The van der Waals surface area contributed by atoms with E-state index in [9.17, 15) is 31.9 Å². The van der Waals surface area contributed by atoms with E-state index in [1.54, 1.807) is 24.3 Å². The molecule has 0 amide bonds. The number of benzene rings is 3. The summed E-state index contributed by atoms with van der Waals surface area (Å²) in [5, 5.41) is 9.76. The van der Waals surface area contributed by atoms with Gasteiger partial charge in [0.05, 0.1) is 28.7 Å². The molecule has 0 fully saturated rings. The smallest absolute Gasteiger partial charge is 0.335 e. The summed E-state index contributed by atoms with van der Waals surface area (Å²) in [4.78, 5) is 20.2. The molecule has 1 N–H and O–H groups in total. The maximum Gasteiger partial charge on any atom is 0.335 e. The van der Waals surface area contributed by atoms with Crippen molar-refractivity contribution in [3.8, 4) is 0 Å². The van der Waals surface area contributed by atoms with Gasteiger partial charge in [-0.05, 0) is 24.3 Å². The molecule has 0 aliphatic rings. The summed E-state index contributed by atoms with van der Waals surface area (Å²) in [6.07, 6.45) is 0. The van der Waals surface area contributed by atoms with Crippen molar-refractivity contribution in [2.24, 2.45) is 0 Å². The lowest BCUT2D eigenvalue weighted by atomic mass is 10.1. The second-order valence-corrected chi connectivity index (χ2v) is 7.06. The summed E-state index contributed by atoms with van der Waals surface area (Å²) >= 11 is 0. The highest BCUT2D eigenvalue weighted by Crippen LogP contribution is 2.31. The van der Waals surface area contributed by atoms with Crippen LogP contribution in [0.2, 0.25) is 0 Å². The Labute approximate surface area is 175 Å². The zero-order chi connectivity index (χ0) is 22.7. The van der Waals surface area contributed by atoms with Crippen molar-refractivity contribution < 1.29 is 31.9 Å². The van der Waals surface area contributed by atoms with E-state index < -0.39 is 47.2 Å². The number of carbonyl (C=O) groups is 1. The van der Waals surface area contributed by atoms with Crippen molar-refractivity contribution in [2.75, 3.05) is 0 Å². The number of aromatic nitrogens is 3. The largest absolute Gasteiger partial charge is 0.478 e. The zero-order valence-corrected chi connectivity index (χ0v) is 15.8. The van der Waals surface area contributed by atoms with Crippen LogP contribution in [0, 0.1) is 29.1 Å². The van der Waals surface area contributed by atoms with Crippen LogP contribution in [0.3, 0.4) is 0 Å². The minimum absolute atomic E-state index is 0.0476. The first-order chi connectivity index (χ1) is 15.3. The molecule has 32 heavy (non-hydrogen) atoms. The molecule has 0 aliphatic heterocycles. The quantitative estimate of drug-likeness (QED) is 0.237. The minimum atomic E-state index is -2.24. The SMILES string of the molecule is O=C(O)c1ccc2nc3c4ccccc4n(Cc4c(F)c(F)c(F)c(F)c4F)c3nc2c1. The Morgan fingerprint density at radius 2 is 1.50 bits per heavy atom. The summed E-state index contributed by atoms with van der Waals surface area (Å²) in [6, 6.07) is 10.7. The lowest BCUT2D eigenvalue weighted by Gasteiger charge is -2.11. The number of hydrogen-bond acceptors (Lipinski definition) is 3. The van der Waals surface area contributed by atoms with Crippen molar-refractivity contribution in [1.82, 2.24) is 14.5 Å². The predicted molar refractivity (Wildman–Crippen MR) is 105 cm³/mol. The second kappa shape index (κ2) is 6.98. The molecule has 3 aromatic carbocycles. The maximum absolute atomic E-state index is 14.4. The number of para-hydroxylation sites is 1. The van der Waals surface area contributed by atoms with Crippen LogP contribution in [0.1, 0.15) is 15.9 Å². The van der Waals surface area contributed by atoms with Crippen LogP contribution in [0.15, 0.2) is 42.5 Å². The lowest BCUT2D eigenvalue weighted by molar-refractivity contribution is 0.0697. The normalized spacial score (nSPS) is 11.7. The van der Waals surface area contributed by atoms with Gasteiger partial charge in [0.15, 0.2) is 28.9 Å². The van der Waals surface area contributed by atoms with Crippen LogP contribution in [0.4, 0.5) is 22.0 Å². The zero-order valence-electron chi connectivity index (χ0n) is 15.8. The van der Waals surface area contributed by atoms with Crippen LogP contribution >= 0.6 is 0 Å². The van der Waals surface area contributed by atoms with Gasteiger partial charge >= 0.3 is 5.97 Å². The van der Waals surface area contributed by atoms with Crippen LogP contribution in [0.5, 0.6) is 0 Å². The van der Waals surface area contributed by atoms with Crippen LogP contribution in [-0.2, 0) is 6.54 Å². The van der Waals surface area contributed by atoms with E-state index in [2.05, 4.69) is 9.97 Å². The maximum atomic E-state index is 14.4. The molecule has 5 aromatic rings. The number of hydrogen-bond donors (Lipinski definition) is 1. The minimum Gasteiger partial charge on any atom is -0.478 e. The fourth-order valence-corrected chi connectivity index (χ4v) is 3.68. The van der Waals surface area contributed by atoms with Crippen LogP contribution in [0.25, 0.3) is 33.1 Å². The van der Waals surface area contributed by atoms with Crippen molar-refractivity contribution in [3.63, 3.8) is 0 Å². The molecule has 10 heteroatoms. The van der Waals surface area contributed by atoms with E-state index in [0.29, 0.717) is 21.9 Å². The Morgan fingerprint density at radius 1 is 0.844 bits per heavy atom. The monoisotopic (exact) mass is 443 g/mol. The third kappa shape index (κ3) is 2.79. The fourth-order valence-electron chi connectivity index (χ4n) is 3.68. The predicted octanol–water partition coefficient (Wildman–Crippen LogP) is 5.18. The van der Waals surface area contributed by atoms with Gasteiger partial charge in [-0.25, -0.2) is 36.7 Å². The summed E-state index contributed by atoms with van der Waals surface area (Å²) in [5.41, 5.74) is 0.338. The van der Waals surface area contributed by atoms with Gasteiger partial charge in [-0.1, -0.05) is 18.2 Å². The highest BCUT2D eigenvalue weighted by molar-refractivity contribution is 6.06. The second-order valence-electron chi connectivity index (χ2n) is 7.06. The summed E-state index contributed by atoms with van der Waals surface area (Å²) in [5.74, 6) is -11.4. The Hall–Kier alpha value is -4.08. The number of carboxylic acid groups (broad SMARTS) is 1. The Kier molecular flexibility index (Phi) is 4.33. The third-order valence-corrected chi connectivity index (χ3v) is 5.22. The number of halogens is 5. The Morgan fingerprint density at radius 3 is 2.19 bits per heavy atom. The number of fused-ring (bicyclic) bond motifs is 4. The van der Waals surface area contributed by atoms with Gasteiger partial charge in [0.25, 0.3) is 0 Å². The van der Waals surface area contributed by atoms with Gasteiger partial charge in [0, 0.05) is 10.9 Å². The van der Waals surface area contributed by atoms with Gasteiger partial charge in [0.2, 0.25) is 5.82 Å². The van der Waals surface area contributed by atoms with E-state index in [4.69, 9.17) is 0 Å². The van der Waals surface area contributed by atoms with E-state index >= 15 is 0 Å². The molecule has 2 aromatic heterocycles. The Bertz CT molecular complexity index is 1570. The lowest BCUT2D eigenvalue weighted by Crippen LogP contribution is -2.11. The van der Waals surface area contributed by atoms with Crippen molar-refractivity contribution in [1.29, 1.82) is 0 Å². The molecular weight excluding hydrogens is 433 g/mol. The van der Waals surface area contributed by atoms with Gasteiger partial charge in [-0.15, -0.1) is 0 Å². The molecule has 0 saturated heterocycles. The highest BCUT2D eigenvalue weighted by atomic mass is 19.2. The van der Waals surface area contributed by atoms with Gasteiger partial charge in [-0.3, -0.25) is 0 Å². The number of nitrogens with zero attached hydrogens (tertiary/aromatic N) is 3. The summed E-state index contributed by atoms with van der Waals surface area (Å²) in [6.45, 7) is -0.714. The average Bonchev–Trinajstić information content (AvgIpc) is 3.09. The summed E-state index contributed by atoms with van der Waals surface area (Å²) < 4.78 is 70.9. The molecule has 0 aliphatic carbocycles. The van der Waals surface area contributed by atoms with Crippen molar-refractivity contribution in [2.45, 2.75) is 6.54 Å². The third-order valence-electron chi connectivity index (χ3n) is 5.22. The first-order valence-electron chi connectivity index (χ1n) is 9.20. The van der Waals surface area contributed by atoms with Gasteiger partial charge < -0.3 is 9.67 Å². The molecule has 160 valence electrons. The first-order valence-corrected chi connectivity index (χ1v) is 9.20. The van der Waals surface area contributed by atoms with Crippen molar-refractivity contribution in [3.05, 3.63) is 82.7 Å². The number of carboxylic acids is 1. The number of rotatable bonds is 3. The molecule has 0 unspecified atom stereocenters. The molecule has 5 rings (SSSR count). The van der Waals surface area contributed by atoms with E-state index in [-0.39, 0.29) is 16.7 Å². The molecule has 0 radical (unpaired) electrons. The summed E-state index contributed by atoms with van der Waals surface area (Å²) in [7, 11) is 0. The van der Waals surface area contributed by atoms with Crippen LogP contribution < -0.4 is 0 Å². The molecule has 0 atom stereocenters. The van der Waals surface area contributed by atoms with Gasteiger partial charge in [-0.2, -0.15) is 0 Å². The van der Waals surface area contributed by atoms with E-state index in [1.165, 1.54) is 22.8 Å². The Balaban J connectivity index is 1.83. The molecule has 0 bridgehead atoms. The van der Waals surface area contributed by atoms with Crippen LogP contribution in [-0.4, -0.2) is 25.6 Å². The topological polar surface area (TPSA) is 68.0 Å². The van der Waals surface area contributed by atoms with E-state index in [0.717, 1.165) is 0 Å². The van der Waals surface area contributed by atoms with Crippen molar-refractivity contribution >= 4 is 39.1 Å². The molecule has 0 saturated carbocycles. The molecule has 0 spiro atoms. The fraction of sp³-hybridized carbons (Fsp3) is 0.0455. The molecular formula is C22H10F5N3O2. The number of aromatic carboxylic acids is 1. The molecule has 5 nitrogen and oxygen atoms in total. The standard InChI is InChI=1S/C22H10F5N3O2/c23-15-11(16(24)18(26)19(27)17(15)25)8-30-14-4-2-1-3-10(14)20-21(30)29-13-7-9(22(31)32)5-6-12(13)28-20/h1-7H,8H2,(H,31,32). The first kappa shape index (κ1) is 19.9.